The molecule has 0 radical (unpaired) electrons. The maximum atomic E-state index is 13.4. The van der Waals surface area contributed by atoms with Gasteiger partial charge in [0.1, 0.15) is 5.82 Å². The van der Waals surface area contributed by atoms with Gasteiger partial charge >= 0.3 is 0 Å². The van der Waals surface area contributed by atoms with Gasteiger partial charge in [-0.15, -0.1) is 0 Å². The normalized spacial score (nSPS) is 14.2. The maximum Gasteiger partial charge on any atom is 0.259 e. The second-order valence-corrected chi connectivity index (χ2v) is 8.65. The number of carbonyl (C=O) groups is 2. The molecule has 0 bridgehead atoms. The Labute approximate surface area is 189 Å². The molecule has 1 saturated carbocycles. The van der Waals surface area contributed by atoms with Gasteiger partial charge in [-0.05, 0) is 49.9 Å². The summed E-state index contributed by atoms with van der Waals surface area (Å²) in [5.74, 6) is 0.412. The number of amides is 2. The molecule has 1 aromatic heterocycles. The predicted octanol–water partition coefficient (Wildman–Crippen LogP) is 5.92. The van der Waals surface area contributed by atoms with Gasteiger partial charge < -0.3 is 15.2 Å². The molecule has 1 aliphatic rings. The number of carbonyl (C=O) groups excluding carboxylic acids is 2. The van der Waals surface area contributed by atoms with Crippen LogP contribution in [0.3, 0.4) is 0 Å². The zero-order valence-electron chi connectivity index (χ0n) is 18.9. The number of rotatable bonds is 6. The number of benzene rings is 2. The first-order valence-electron chi connectivity index (χ1n) is 11.5. The molecule has 1 fully saturated rings. The first kappa shape index (κ1) is 21.9. The Morgan fingerprint density at radius 3 is 2.16 bits per heavy atom. The number of aromatic nitrogens is 1. The predicted molar refractivity (Wildman–Crippen MR) is 129 cm³/mol. The highest BCUT2D eigenvalue weighted by Gasteiger charge is 2.28. The monoisotopic (exact) mass is 429 g/mol. The standard InChI is InChI=1S/C27H31N3O2/c1-19-20(2)30(18-21-12-6-3-7-13-21)25(29-26(31)22-14-8-4-9-15-22)24(19)27(32)28-23-16-10-5-11-17-23/h3,5-7,10-13,16-17,22H,4,8-9,14-15,18H2,1-2H3,(H,28,32)(H,29,31). The van der Waals surface area contributed by atoms with Crippen LogP contribution in [0.25, 0.3) is 0 Å². The molecule has 166 valence electrons. The van der Waals surface area contributed by atoms with Gasteiger partial charge in [-0.2, -0.15) is 0 Å². The van der Waals surface area contributed by atoms with Crippen molar-refractivity contribution >= 4 is 23.3 Å². The van der Waals surface area contributed by atoms with Crippen molar-refractivity contribution in [2.75, 3.05) is 10.6 Å². The number of para-hydroxylation sites is 1. The van der Waals surface area contributed by atoms with E-state index in [4.69, 9.17) is 0 Å². The molecule has 5 nitrogen and oxygen atoms in total. The topological polar surface area (TPSA) is 63.1 Å². The van der Waals surface area contributed by atoms with E-state index in [0.29, 0.717) is 17.9 Å². The first-order valence-corrected chi connectivity index (χ1v) is 11.5. The third-order valence-corrected chi connectivity index (χ3v) is 6.49. The van der Waals surface area contributed by atoms with E-state index >= 15 is 0 Å². The van der Waals surface area contributed by atoms with Gasteiger partial charge in [-0.25, -0.2) is 0 Å². The number of nitrogens with one attached hydrogen (secondary N) is 2. The number of hydrogen-bond donors (Lipinski definition) is 2. The minimum absolute atomic E-state index is 0.00877. The van der Waals surface area contributed by atoms with Crippen molar-refractivity contribution in [1.82, 2.24) is 4.57 Å². The van der Waals surface area contributed by atoms with Crippen LogP contribution in [0.1, 0.15) is 59.3 Å². The van der Waals surface area contributed by atoms with Crippen LogP contribution in [-0.4, -0.2) is 16.4 Å². The van der Waals surface area contributed by atoms with E-state index in [1.807, 2.05) is 62.4 Å². The van der Waals surface area contributed by atoms with Crippen molar-refractivity contribution in [3.05, 3.63) is 83.0 Å². The molecule has 0 saturated heterocycles. The van der Waals surface area contributed by atoms with E-state index in [1.54, 1.807) is 0 Å². The van der Waals surface area contributed by atoms with Gasteiger partial charge in [0.2, 0.25) is 5.91 Å². The fourth-order valence-corrected chi connectivity index (χ4v) is 4.53. The molecular formula is C27H31N3O2. The number of hydrogen-bond acceptors (Lipinski definition) is 2. The van der Waals surface area contributed by atoms with Crippen LogP contribution >= 0.6 is 0 Å². The SMILES string of the molecule is Cc1c(C(=O)Nc2ccccc2)c(NC(=O)C2CCCCC2)n(Cc2ccccc2)c1C. The van der Waals surface area contributed by atoms with Crippen molar-refractivity contribution < 1.29 is 9.59 Å². The summed E-state index contributed by atoms with van der Waals surface area (Å²) in [6.07, 6.45) is 5.19. The summed E-state index contributed by atoms with van der Waals surface area (Å²) < 4.78 is 2.06. The molecule has 2 amide bonds. The van der Waals surface area contributed by atoms with Crippen molar-refractivity contribution in [1.29, 1.82) is 0 Å². The van der Waals surface area contributed by atoms with Crippen LogP contribution in [0.4, 0.5) is 11.5 Å². The van der Waals surface area contributed by atoms with E-state index in [-0.39, 0.29) is 17.7 Å². The summed E-state index contributed by atoms with van der Waals surface area (Å²) in [4.78, 5) is 26.5. The Bertz CT molecular complexity index is 1080. The Morgan fingerprint density at radius 1 is 0.875 bits per heavy atom. The molecule has 1 heterocycles. The molecule has 5 heteroatoms. The lowest BCUT2D eigenvalue weighted by Gasteiger charge is -2.22. The number of anilines is 2. The van der Waals surface area contributed by atoms with Crippen LogP contribution < -0.4 is 10.6 Å². The number of nitrogens with zero attached hydrogens (tertiary/aromatic N) is 1. The van der Waals surface area contributed by atoms with Gasteiger partial charge in [-0.3, -0.25) is 9.59 Å². The maximum absolute atomic E-state index is 13.4. The second-order valence-electron chi connectivity index (χ2n) is 8.65. The molecule has 0 spiro atoms. The summed E-state index contributed by atoms with van der Waals surface area (Å²) in [6.45, 7) is 4.55. The Balaban J connectivity index is 1.71. The first-order chi connectivity index (χ1) is 15.5. The van der Waals surface area contributed by atoms with E-state index < -0.39 is 0 Å². The molecule has 2 N–H and O–H groups in total. The summed E-state index contributed by atoms with van der Waals surface area (Å²) >= 11 is 0. The highest BCUT2D eigenvalue weighted by Crippen LogP contribution is 2.31. The van der Waals surface area contributed by atoms with Crippen molar-refractivity contribution in [3.63, 3.8) is 0 Å². The van der Waals surface area contributed by atoms with Gasteiger partial charge in [0.15, 0.2) is 0 Å². The minimum Gasteiger partial charge on any atom is -0.327 e. The molecule has 0 atom stereocenters. The Morgan fingerprint density at radius 2 is 1.50 bits per heavy atom. The average Bonchev–Trinajstić information content (AvgIpc) is 3.05. The Hall–Kier alpha value is -3.34. The van der Waals surface area contributed by atoms with Crippen LogP contribution in [0.5, 0.6) is 0 Å². The summed E-state index contributed by atoms with van der Waals surface area (Å²) in [6, 6.07) is 19.5. The van der Waals surface area contributed by atoms with E-state index in [2.05, 4.69) is 27.3 Å². The van der Waals surface area contributed by atoms with E-state index in [9.17, 15) is 9.59 Å². The highest BCUT2D eigenvalue weighted by molar-refractivity contribution is 6.11. The highest BCUT2D eigenvalue weighted by atomic mass is 16.2. The average molecular weight is 430 g/mol. The van der Waals surface area contributed by atoms with Gasteiger partial charge in [-0.1, -0.05) is 67.8 Å². The van der Waals surface area contributed by atoms with Crippen LogP contribution in [0.15, 0.2) is 60.7 Å². The largest absolute Gasteiger partial charge is 0.327 e. The van der Waals surface area contributed by atoms with Gasteiger partial charge in [0.05, 0.1) is 5.56 Å². The molecule has 1 aliphatic carbocycles. The van der Waals surface area contributed by atoms with E-state index in [1.165, 1.54) is 6.42 Å². The summed E-state index contributed by atoms with van der Waals surface area (Å²) in [5, 5.41) is 6.15. The summed E-state index contributed by atoms with van der Waals surface area (Å²) in [5.41, 5.74) is 4.24. The van der Waals surface area contributed by atoms with Gasteiger partial charge in [0.25, 0.3) is 5.91 Å². The summed E-state index contributed by atoms with van der Waals surface area (Å²) in [7, 11) is 0. The lowest BCUT2D eigenvalue weighted by Crippen LogP contribution is -2.27. The van der Waals surface area contributed by atoms with Crippen LogP contribution in [0.2, 0.25) is 0 Å². The molecule has 3 aromatic rings. The molecule has 2 aromatic carbocycles. The lowest BCUT2D eigenvalue weighted by atomic mass is 9.88. The fourth-order valence-electron chi connectivity index (χ4n) is 4.53. The molecule has 0 aliphatic heterocycles. The molecule has 0 unspecified atom stereocenters. The second kappa shape index (κ2) is 9.86. The van der Waals surface area contributed by atoms with Crippen LogP contribution in [-0.2, 0) is 11.3 Å². The Kier molecular flexibility index (Phi) is 6.74. The van der Waals surface area contributed by atoms with Crippen molar-refractivity contribution in [2.45, 2.75) is 52.5 Å². The molecule has 4 rings (SSSR count). The van der Waals surface area contributed by atoms with E-state index in [0.717, 1.165) is 48.2 Å². The third-order valence-electron chi connectivity index (χ3n) is 6.49. The lowest BCUT2D eigenvalue weighted by molar-refractivity contribution is -0.120. The molecule has 32 heavy (non-hydrogen) atoms. The van der Waals surface area contributed by atoms with Gasteiger partial charge in [0, 0.05) is 23.8 Å². The quantitative estimate of drug-likeness (QED) is 0.510. The van der Waals surface area contributed by atoms with Crippen molar-refractivity contribution in [3.8, 4) is 0 Å². The van der Waals surface area contributed by atoms with Crippen LogP contribution in [0, 0.1) is 19.8 Å². The third kappa shape index (κ3) is 4.77. The van der Waals surface area contributed by atoms with Crippen molar-refractivity contribution in [2.24, 2.45) is 5.92 Å². The minimum atomic E-state index is -0.206. The fraction of sp³-hybridized carbons (Fsp3) is 0.333. The molecular weight excluding hydrogens is 398 g/mol. The zero-order valence-corrected chi connectivity index (χ0v) is 18.9. The smallest absolute Gasteiger partial charge is 0.259 e. The zero-order chi connectivity index (χ0) is 22.5.